The second-order valence-electron chi connectivity index (χ2n) is 5.39. The molecule has 8 heteroatoms. The molecule has 0 atom stereocenters. The van der Waals surface area contributed by atoms with Gasteiger partial charge in [-0.05, 0) is 18.9 Å². The molecule has 132 valence electrons. The van der Waals surface area contributed by atoms with Crippen LogP contribution >= 0.6 is 0 Å². The van der Waals surface area contributed by atoms with Gasteiger partial charge < -0.3 is 9.94 Å². The van der Waals surface area contributed by atoms with Crippen molar-refractivity contribution in [2.45, 2.75) is 51.4 Å². The van der Waals surface area contributed by atoms with Crippen molar-refractivity contribution in [3.8, 4) is 5.88 Å². The van der Waals surface area contributed by atoms with Crippen molar-refractivity contribution in [2.75, 3.05) is 6.54 Å². The number of unbranched alkanes of at least 4 members (excludes halogenated alkanes) is 6. The number of pyridine rings is 1. The molecule has 1 heterocycles. The van der Waals surface area contributed by atoms with Gasteiger partial charge in [-0.1, -0.05) is 36.9 Å². The van der Waals surface area contributed by atoms with Crippen LogP contribution in [0.3, 0.4) is 0 Å². The lowest BCUT2D eigenvalue weighted by Crippen LogP contribution is -2.21. The molecular formula is C16H23N3O5. The van der Waals surface area contributed by atoms with Gasteiger partial charge in [0.2, 0.25) is 12.4 Å². The summed E-state index contributed by atoms with van der Waals surface area (Å²) in [5, 5.41) is 22.1. The van der Waals surface area contributed by atoms with Gasteiger partial charge in [0.1, 0.15) is 0 Å². The van der Waals surface area contributed by atoms with E-state index >= 15 is 0 Å². The summed E-state index contributed by atoms with van der Waals surface area (Å²) in [6, 6.07) is 4.94. The van der Waals surface area contributed by atoms with Crippen molar-refractivity contribution in [1.82, 2.24) is 4.98 Å². The molecule has 1 N–H and O–H groups in total. The van der Waals surface area contributed by atoms with Gasteiger partial charge in [-0.3, -0.25) is 10.1 Å². The minimum absolute atomic E-state index is 0.0216. The molecule has 0 fully saturated rings. The van der Waals surface area contributed by atoms with Gasteiger partial charge in [-0.15, -0.1) is 0 Å². The number of rotatable bonds is 12. The zero-order chi connectivity index (χ0) is 17.6. The van der Waals surface area contributed by atoms with Crippen LogP contribution in [0.5, 0.6) is 5.88 Å². The lowest BCUT2D eigenvalue weighted by Gasteiger charge is -2.05. The summed E-state index contributed by atoms with van der Waals surface area (Å²) < 4.78 is 5.01. The second-order valence-corrected chi connectivity index (χ2v) is 5.39. The molecule has 0 bridgehead atoms. The molecule has 1 aromatic rings. The first-order valence-electron chi connectivity index (χ1n) is 8.09. The van der Waals surface area contributed by atoms with Gasteiger partial charge >= 0.3 is 5.97 Å². The summed E-state index contributed by atoms with van der Waals surface area (Å²) in [6.07, 6.45) is 7.88. The van der Waals surface area contributed by atoms with Crippen LogP contribution in [-0.2, 0) is 4.79 Å². The molecule has 0 amide bonds. The molecule has 24 heavy (non-hydrogen) atoms. The van der Waals surface area contributed by atoms with Crippen molar-refractivity contribution in [3.63, 3.8) is 0 Å². The highest BCUT2D eigenvalue weighted by atomic mass is 16.6. The van der Waals surface area contributed by atoms with E-state index < -0.39 is 5.97 Å². The predicted octanol–water partition coefficient (Wildman–Crippen LogP) is 3.21. The maximum atomic E-state index is 11.8. The molecule has 0 aliphatic rings. The van der Waals surface area contributed by atoms with E-state index in [-0.39, 0.29) is 23.1 Å². The number of nitro groups is 1. The second kappa shape index (κ2) is 12.0. The van der Waals surface area contributed by atoms with Gasteiger partial charge in [0.15, 0.2) is 5.71 Å². The molecule has 1 aromatic heterocycles. The predicted molar refractivity (Wildman–Crippen MR) is 87.9 cm³/mol. The van der Waals surface area contributed by atoms with Crippen molar-refractivity contribution >= 4 is 11.7 Å². The zero-order valence-corrected chi connectivity index (χ0v) is 13.6. The number of hydrogen-bond acceptors (Lipinski definition) is 7. The Morgan fingerprint density at radius 1 is 1.17 bits per heavy atom. The van der Waals surface area contributed by atoms with E-state index in [0.717, 1.165) is 32.1 Å². The van der Waals surface area contributed by atoms with Gasteiger partial charge in [-0.25, -0.2) is 9.78 Å². The number of oxime groups is 1. The van der Waals surface area contributed by atoms with Gasteiger partial charge in [0, 0.05) is 30.0 Å². The highest BCUT2D eigenvalue weighted by Gasteiger charge is 2.15. The van der Waals surface area contributed by atoms with Gasteiger partial charge in [-0.2, -0.15) is 0 Å². The van der Waals surface area contributed by atoms with E-state index in [1.54, 1.807) is 18.2 Å². The Bertz CT molecular complexity index is 534. The van der Waals surface area contributed by atoms with E-state index in [1.165, 1.54) is 6.20 Å². The fourth-order valence-corrected chi connectivity index (χ4v) is 2.17. The van der Waals surface area contributed by atoms with Gasteiger partial charge in [0.05, 0.1) is 0 Å². The first-order valence-corrected chi connectivity index (χ1v) is 8.09. The molecule has 1 rings (SSSR count). The smallest absolute Gasteiger partial charge is 0.362 e. The van der Waals surface area contributed by atoms with E-state index in [1.807, 2.05) is 0 Å². The highest BCUT2D eigenvalue weighted by molar-refractivity contribution is 6.36. The maximum absolute atomic E-state index is 11.8. The molecule has 0 aromatic carbocycles. The Hall–Kier alpha value is -2.51. The average Bonchev–Trinajstić information content (AvgIpc) is 2.57. The average molecular weight is 337 g/mol. The van der Waals surface area contributed by atoms with Crippen LogP contribution in [0.2, 0.25) is 0 Å². The lowest BCUT2D eigenvalue weighted by molar-refractivity contribution is -0.480. The summed E-state index contributed by atoms with van der Waals surface area (Å²) in [7, 11) is 0. The monoisotopic (exact) mass is 337 g/mol. The first kappa shape index (κ1) is 19.5. The maximum Gasteiger partial charge on any atom is 0.362 e. The van der Waals surface area contributed by atoms with Crippen LogP contribution < -0.4 is 4.74 Å². The van der Waals surface area contributed by atoms with Crippen LogP contribution in [0.4, 0.5) is 0 Å². The Morgan fingerprint density at radius 3 is 2.42 bits per heavy atom. The van der Waals surface area contributed by atoms with Crippen molar-refractivity contribution < 1.29 is 19.7 Å². The van der Waals surface area contributed by atoms with E-state index in [0.29, 0.717) is 19.3 Å². The molecule has 0 aliphatic carbocycles. The number of aromatic nitrogens is 1. The van der Waals surface area contributed by atoms with Crippen LogP contribution in [0.25, 0.3) is 0 Å². The molecule has 0 radical (unpaired) electrons. The molecular weight excluding hydrogens is 314 g/mol. The molecule has 0 saturated heterocycles. The highest BCUT2D eigenvalue weighted by Crippen LogP contribution is 2.10. The van der Waals surface area contributed by atoms with E-state index in [9.17, 15) is 14.9 Å². The lowest BCUT2D eigenvalue weighted by atomic mass is 10.1. The standard InChI is InChI=1S/C16H23N3O5/c20-16(24-15-11-7-8-12-17-15)14(18-21)10-6-4-2-1-3-5-9-13-19(22)23/h7-8,11-12,21H,1-6,9-10,13H2. The van der Waals surface area contributed by atoms with Crippen LogP contribution in [0.1, 0.15) is 51.4 Å². The zero-order valence-electron chi connectivity index (χ0n) is 13.6. The summed E-state index contributed by atoms with van der Waals surface area (Å²) in [4.78, 5) is 25.6. The third-order valence-corrected chi connectivity index (χ3v) is 3.45. The SMILES string of the molecule is O=C(Oc1ccccn1)C(CCCCCCCCC[N+](=O)[O-])=NO. The Kier molecular flexibility index (Phi) is 9.75. The van der Waals surface area contributed by atoms with Crippen molar-refractivity contribution in [1.29, 1.82) is 0 Å². The number of carbonyl (C=O) groups excluding carboxylic acids is 1. The molecule has 0 saturated carbocycles. The number of nitrogens with zero attached hydrogens (tertiary/aromatic N) is 3. The summed E-state index contributed by atoms with van der Waals surface area (Å²) >= 11 is 0. The third-order valence-electron chi connectivity index (χ3n) is 3.45. The van der Waals surface area contributed by atoms with Crippen LogP contribution in [-0.4, -0.2) is 33.3 Å². The molecule has 0 spiro atoms. The minimum atomic E-state index is -0.698. The number of esters is 1. The van der Waals surface area contributed by atoms with Crippen LogP contribution in [0, 0.1) is 10.1 Å². The van der Waals surface area contributed by atoms with Crippen molar-refractivity contribution in [2.24, 2.45) is 5.16 Å². The Balaban J connectivity index is 2.12. The first-order chi connectivity index (χ1) is 11.6. The Morgan fingerprint density at radius 2 is 1.83 bits per heavy atom. The van der Waals surface area contributed by atoms with Crippen LogP contribution in [0.15, 0.2) is 29.6 Å². The topological polar surface area (TPSA) is 115 Å². The summed E-state index contributed by atoms with van der Waals surface area (Å²) in [5.74, 6) is -0.533. The fraction of sp³-hybridized carbons (Fsp3) is 0.562. The summed E-state index contributed by atoms with van der Waals surface area (Å²) in [5.41, 5.74) is -0.0216. The normalized spacial score (nSPS) is 11.2. The summed E-state index contributed by atoms with van der Waals surface area (Å²) in [6.45, 7) is 0.0364. The molecule has 0 unspecified atom stereocenters. The molecule has 8 nitrogen and oxygen atoms in total. The minimum Gasteiger partial charge on any atom is -0.410 e. The third kappa shape index (κ3) is 8.82. The fourth-order valence-electron chi connectivity index (χ4n) is 2.17. The number of carbonyl (C=O) groups is 1. The quantitative estimate of drug-likeness (QED) is 0.156. The number of ether oxygens (including phenoxy) is 1. The van der Waals surface area contributed by atoms with Gasteiger partial charge in [0.25, 0.3) is 0 Å². The Labute approximate surface area is 140 Å². The van der Waals surface area contributed by atoms with Crippen molar-refractivity contribution in [3.05, 3.63) is 34.5 Å². The number of hydrogen-bond donors (Lipinski definition) is 1. The van der Waals surface area contributed by atoms with E-state index in [2.05, 4.69) is 10.1 Å². The molecule has 0 aliphatic heterocycles. The largest absolute Gasteiger partial charge is 0.410 e. The van der Waals surface area contributed by atoms with E-state index in [4.69, 9.17) is 9.94 Å².